The highest BCUT2D eigenvalue weighted by molar-refractivity contribution is 7.93. The molecule has 0 saturated carbocycles. The monoisotopic (exact) mass is 350 g/mol. The molecule has 3 aromatic carbocycles. The van der Waals surface area contributed by atoms with Crippen molar-refractivity contribution in [2.45, 2.75) is 10.1 Å². The van der Waals surface area contributed by atoms with Crippen LogP contribution in [0, 0.1) is 0 Å². The highest BCUT2D eigenvalue weighted by Crippen LogP contribution is 2.39. The number of aliphatic hydroxyl groups is 1. The Kier molecular flexibility index (Phi) is 3.47. The van der Waals surface area contributed by atoms with Crippen molar-refractivity contribution in [1.82, 2.24) is 0 Å². The average molecular weight is 350 g/mol. The molecule has 25 heavy (non-hydrogen) atoms. The van der Waals surface area contributed by atoms with Crippen LogP contribution < -0.4 is 0 Å². The van der Waals surface area contributed by atoms with Gasteiger partial charge < -0.3 is 5.11 Å². The maximum atomic E-state index is 13.0. The van der Waals surface area contributed by atoms with E-state index in [1.54, 1.807) is 42.5 Å². The Morgan fingerprint density at radius 3 is 2.16 bits per heavy atom. The minimum atomic E-state index is -3.94. The number of Topliss-reactive ketones (excluding diaryl/α,β-unsaturated/α-hetero) is 1. The zero-order valence-electron chi connectivity index (χ0n) is 13.1. The van der Waals surface area contributed by atoms with Crippen LogP contribution in [0.25, 0.3) is 16.3 Å². The third-order valence-corrected chi connectivity index (χ3v) is 6.41. The van der Waals surface area contributed by atoms with Gasteiger partial charge in [-0.3, -0.25) is 4.79 Å². The second kappa shape index (κ2) is 5.57. The summed E-state index contributed by atoms with van der Waals surface area (Å²) in [6.45, 7) is 0. The van der Waals surface area contributed by atoms with Gasteiger partial charge in [0.05, 0.1) is 4.90 Å². The molecule has 4 rings (SSSR count). The lowest BCUT2D eigenvalue weighted by Gasteiger charge is -2.28. The summed E-state index contributed by atoms with van der Waals surface area (Å²) in [6, 6.07) is 20.8. The van der Waals surface area contributed by atoms with Crippen LogP contribution in [0.3, 0.4) is 0 Å². The van der Waals surface area contributed by atoms with E-state index in [1.807, 2.05) is 24.3 Å². The molecule has 0 bridgehead atoms. The Morgan fingerprint density at radius 2 is 1.44 bits per heavy atom. The van der Waals surface area contributed by atoms with E-state index in [-0.39, 0.29) is 10.5 Å². The van der Waals surface area contributed by atoms with Crippen molar-refractivity contribution in [2.24, 2.45) is 0 Å². The first-order valence-electron chi connectivity index (χ1n) is 7.75. The minimum absolute atomic E-state index is 0.0745. The molecule has 0 fully saturated rings. The molecule has 0 heterocycles. The van der Waals surface area contributed by atoms with E-state index in [1.165, 1.54) is 6.07 Å². The molecule has 3 aromatic rings. The molecule has 0 aliphatic heterocycles. The molecule has 1 N–H and O–H groups in total. The second-order valence-electron chi connectivity index (χ2n) is 5.93. The Labute approximate surface area is 145 Å². The Hall–Kier alpha value is -2.92. The number of allylic oxidation sites excluding steroid dienone is 1. The molecule has 124 valence electrons. The number of hydrogen-bond acceptors (Lipinski definition) is 4. The smallest absolute Gasteiger partial charge is 0.220 e. The van der Waals surface area contributed by atoms with E-state index in [9.17, 15) is 18.3 Å². The van der Waals surface area contributed by atoms with Crippen LogP contribution in [0.1, 0.15) is 5.56 Å². The fourth-order valence-corrected chi connectivity index (χ4v) is 4.89. The number of fused-ring (bicyclic) bond motifs is 1. The topological polar surface area (TPSA) is 71.4 Å². The number of sulfone groups is 1. The number of ketones is 1. The maximum absolute atomic E-state index is 13.0. The summed E-state index contributed by atoms with van der Waals surface area (Å²) in [5.74, 6) is -1.23. The van der Waals surface area contributed by atoms with Crippen molar-refractivity contribution >= 4 is 32.0 Å². The molecule has 0 spiro atoms. The van der Waals surface area contributed by atoms with Crippen LogP contribution >= 0.6 is 0 Å². The van der Waals surface area contributed by atoms with Crippen LogP contribution in [-0.2, 0) is 14.6 Å². The summed E-state index contributed by atoms with van der Waals surface area (Å²) in [5.41, 5.74) is 0.702. The van der Waals surface area contributed by atoms with E-state index in [0.717, 1.165) is 10.8 Å². The minimum Gasteiger partial charge on any atom is -0.504 e. The lowest BCUT2D eigenvalue weighted by molar-refractivity contribution is -0.118. The molecule has 4 nitrogen and oxygen atoms in total. The van der Waals surface area contributed by atoms with E-state index >= 15 is 0 Å². The van der Waals surface area contributed by atoms with Gasteiger partial charge in [-0.15, -0.1) is 0 Å². The van der Waals surface area contributed by atoms with Crippen LogP contribution in [-0.4, -0.2) is 24.6 Å². The molecule has 0 saturated heterocycles. The molecule has 1 aliphatic rings. The van der Waals surface area contributed by atoms with Gasteiger partial charge >= 0.3 is 0 Å². The van der Waals surface area contributed by atoms with E-state index in [0.29, 0.717) is 5.56 Å². The van der Waals surface area contributed by atoms with Gasteiger partial charge in [-0.05, 0) is 28.5 Å². The Bertz CT molecular complexity index is 1130. The summed E-state index contributed by atoms with van der Waals surface area (Å²) in [5, 5.41) is 10.3. The zero-order valence-corrected chi connectivity index (χ0v) is 13.9. The van der Waals surface area contributed by atoms with Gasteiger partial charge in [0.1, 0.15) is 0 Å². The van der Waals surface area contributed by atoms with Crippen molar-refractivity contribution < 1.29 is 18.3 Å². The molecule has 1 atom stereocenters. The lowest BCUT2D eigenvalue weighted by atomic mass is 9.88. The first-order chi connectivity index (χ1) is 12.0. The van der Waals surface area contributed by atoms with Gasteiger partial charge in [-0.2, -0.15) is 0 Å². The summed E-state index contributed by atoms with van der Waals surface area (Å²) in [7, 11) is -3.94. The lowest BCUT2D eigenvalue weighted by Crippen LogP contribution is -2.41. The van der Waals surface area contributed by atoms with Gasteiger partial charge in [0.2, 0.25) is 5.78 Å². The molecule has 0 aromatic heterocycles. The number of rotatable bonds is 3. The van der Waals surface area contributed by atoms with Crippen LogP contribution in [0.15, 0.2) is 83.5 Å². The largest absolute Gasteiger partial charge is 0.504 e. The SMILES string of the molecule is O=C1C(O)=C(c2ccccc2)C1S(=O)(=O)c1ccc2ccccc2c1. The highest BCUT2D eigenvalue weighted by atomic mass is 32.2. The Balaban J connectivity index is 1.83. The third-order valence-electron chi connectivity index (χ3n) is 4.43. The molecule has 0 amide bonds. The number of hydrogen-bond donors (Lipinski definition) is 1. The molecule has 1 unspecified atom stereocenters. The van der Waals surface area contributed by atoms with Crippen molar-refractivity contribution in [3.63, 3.8) is 0 Å². The zero-order chi connectivity index (χ0) is 17.6. The number of carbonyl (C=O) groups is 1. The number of aliphatic hydroxyl groups excluding tert-OH is 1. The number of carbonyl (C=O) groups excluding carboxylic acids is 1. The normalized spacial score (nSPS) is 17.6. The summed E-state index contributed by atoms with van der Waals surface area (Å²) in [4.78, 5) is 12.2. The first kappa shape index (κ1) is 15.6. The van der Waals surface area contributed by atoms with E-state index in [4.69, 9.17) is 0 Å². The predicted molar refractivity (Wildman–Crippen MR) is 95.9 cm³/mol. The standard InChI is InChI=1S/C20H14O4S/c21-18-17(14-7-2-1-3-8-14)20(19(18)22)25(23,24)16-11-10-13-6-4-5-9-15(13)12-16/h1-12,20-21H. The average Bonchev–Trinajstić information content (AvgIpc) is 2.65. The van der Waals surface area contributed by atoms with Gasteiger partial charge in [0.25, 0.3) is 0 Å². The molecule has 5 heteroatoms. The fraction of sp³-hybridized carbons (Fsp3) is 0.0500. The van der Waals surface area contributed by atoms with Gasteiger partial charge in [-0.25, -0.2) is 8.42 Å². The summed E-state index contributed by atoms with van der Waals surface area (Å²) in [6.07, 6.45) is 0. The van der Waals surface area contributed by atoms with Crippen molar-refractivity contribution in [1.29, 1.82) is 0 Å². The van der Waals surface area contributed by atoms with Crippen molar-refractivity contribution in [3.05, 3.63) is 84.1 Å². The van der Waals surface area contributed by atoms with E-state index < -0.39 is 26.6 Å². The van der Waals surface area contributed by atoms with Crippen molar-refractivity contribution in [2.75, 3.05) is 0 Å². The Morgan fingerprint density at radius 1 is 0.800 bits per heavy atom. The first-order valence-corrected chi connectivity index (χ1v) is 9.30. The fourth-order valence-electron chi connectivity index (χ4n) is 3.12. The maximum Gasteiger partial charge on any atom is 0.220 e. The van der Waals surface area contributed by atoms with Crippen LogP contribution in [0.2, 0.25) is 0 Å². The molecular weight excluding hydrogens is 336 g/mol. The third kappa shape index (κ3) is 2.36. The predicted octanol–water partition coefficient (Wildman–Crippen LogP) is 3.53. The highest BCUT2D eigenvalue weighted by Gasteiger charge is 2.49. The number of benzene rings is 3. The van der Waals surface area contributed by atoms with Gasteiger partial charge in [0.15, 0.2) is 20.8 Å². The molecular formula is C20H14O4S. The van der Waals surface area contributed by atoms with Crippen LogP contribution in [0.5, 0.6) is 0 Å². The molecule has 0 radical (unpaired) electrons. The second-order valence-corrected chi connectivity index (χ2v) is 7.96. The summed E-state index contributed by atoms with van der Waals surface area (Å²) < 4.78 is 26.1. The van der Waals surface area contributed by atoms with Crippen LogP contribution in [0.4, 0.5) is 0 Å². The quantitative estimate of drug-likeness (QED) is 0.784. The van der Waals surface area contributed by atoms with Crippen molar-refractivity contribution in [3.8, 4) is 0 Å². The molecule has 1 aliphatic carbocycles. The van der Waals surface area contributed by atoms with Gasteiger partial charge in [0, 0.05) is 5.57 Å². The van der Waals surface area contributed by atoms with Gasteiger partial charge in [-0.1, -0.05) is 60.7 Å². The van der Waals surface area contributed by atoms with E-state index in [2.05, 4.69) is 0 Å². The summed E-state index contributed by atoms with van der Waals surface area (Å²) >= 11 is 0.